The second kappa shape index (κ2) is 69.7. The maximum absolute atomic E-state index is 13.7. The molecule has 0 fully saturated rings. The Bertz CT molecular complexity index is 5870. The summed E-state index contributed by atoms with van der Waals surface area (Å²) in [6, 6.07) is 48.1. The van der Waals surface area contributed by atoms with Crippen LogP contribution in [0.2, 0.25) is 5.02 Å². The van der Waals surface area contributed by atoms with Gasteiger partial charge in [0.2, 0.25) is 29.3 Å². The summed E-state index contributed by atoms with van der Waals surface area (Å²) < 4.78 is 35.8. The molecule has 2 aliphatic rings. The van der Waals surface area contributed by atoms with Crippen molar-refractivity contribution in [3.05, 3.63) is 294 Å². The predicted octanol–water partition coefficient (Wildman–Crippen LogP) is 14.2. The molecule has 3 aromatic heterocycles. The topological polar surface area (TPSA) is 488 Å². The summed E-state index contributed by atoms with van der Waals surface area (Å²) >= 11 is 24.7. The zero-order chi connectivity index (χ0) is 105. The molecular weight excluding hydrogens is 2210 g/mol. The van der Waals surface area contributed by atoms with Crippen molar-refractivity contribution < 1.29 is 155 Å². The molecule has 2 unspecified atom stereocenters. The number of carboxylic acids is 1. The fraction of sp³-hybridized carbons (Fsp3) is 0.360. The number of aliphatic carboxylic acids is 1. The van der Waals surface area contributed by atoms with Crippen LogP contribution in [0.15, 0.2) is 188 Å². The van der Waals surface area contributed by atoms with Crippen molar-refractivity contribution in [3.63, 3.8) is 0 Å². The molecule has 4 N–H and O–H groups in total. The van der Waals surface area contributed by atoms with Crippen LogP contribution in [-0.2, 0) is 176 Å². The summed E-state index contributed by atoms with van der Waals surface area (Å²) in [6.07, 6.45) is 16.0. The average molecular weight is 2320 g/mol. The van der Waals surface area contributed by atoms with Gasteiger partial charge >= 0.3 is 50.7 Å². The van der Waals surface area contributed by atoms with Crippen LogP contribution in [0.3, 0.4) is 0 Å². The number of hydrogen-bond donors (Lipinski definition) is 6. The van der Waals surface area contributed by atoms with Gasteiger partial charge in [-0.1, -0.05) is 135 Å². The van der Waals surface area contributed by atoms with E-state index in [1.54, 1.807) is 130 Å². The number of benzene rings is 6. The van der Waals surface area contributed by atoms with Crippen molar-refractivity contribution in [2.75, 3.05) is 110 Å². The molecule has 765 valence electrons. The number of carbonyl (C=O) groups is 13. The summed E-state index contributed by atoms with van der Waals surface area (Å²) in [5, 5.41) is 52.9. The zero-order valence-corrected chi connectivity index (χ0v) is 89.5. The van der Waals surface area contributed by atoms with Crippen LogP contribution in [-0.4, -0.2) is 215 Å². The fourth-order valence-electron chi connectivity index (χ4n) is 14.0. The number of fused-ring (bicyclic) bond motifs is 4. The molecule has 36 nitrogen and oxygen atoms in total. The third-order valence-electron chi connectivity index (χ3n) is 21.1. The number of carboxylic acid groups (broad SMARTS) is 1. The number of halogens is 1. The van der Waals surface area contributed by atoms with Crippen LogP contribution in [0.4, 0.5) is 0 Å². The molecular formula is C100H111ClN15O21S4Tc3-. The van der Waals surface area contributed by atoms with Gasteiger partial charge in [0.1, 0.15) is 5.75 Å². The molecule has 0 saturated heterocycles. The third-order valence-corrected chi connectivity index (χ3v) is 22.4. The van der Waals surface area contributed by atoms with E-state index < -0.39 is 97.2 Å². The Morgan fingerprint density at radius 2 is 1.03 bits per heavy atom. The number of carbonyl (C=O) groups excluding carboxylic acids is 12. The summed E-state index contributed by atoms with van der Waals surface area (Å²) in [5.74, 6) is -8.36. The number of imide groups is 2. The predicted molar refractivity (Wildman–Crippen MR) is 540 cm³/mol. The number of ketones is 2. The summed E-state index contributed by atoms with van der Waals surface area (Å²) in [7, 11) is 0. The molecule has 1 radical (unpaired) electrons. The molecule has 0 aliphatic carbocycles. The molecule has 144 heavy (non-hydrogen) atoms. The van der Waals surface area contributed by atoms with E-state index >= 15 is 0 Å². The van der Waals surface area contributed by atoms with Crippen LogP contribution < -0.4 is 20.7 Å². The van der Waals surface area contributed by atoms with E-state index in [2.05, 4.69) is 99.8 Å². The first kappa shape index (κ1) is 125. The van der Waals surface area contributed by atoms with Crippen LogP contribution >= 0.6 is 37.4 Å². The quantitative estimate of drug-likeness (QED) is 0.00301. The molecule has 0 bridgehead atoms. The Morgan fingerprint density at radius 3 is 1.53 bits per heavy atom. The van der Waals surface area contributed by atoms with Crippen molar-refractivity contribution in [1.29, 1.82) is 5.26 Å². The molecule has 0 spiro atoms. The third kappa shape index (κ3) is 41.7. The normalized spacial score (nSPS) is 12.2. The van der Waals surface area contributed by atoms with E-state index in [1.165, 1.54) is 6.92 Å². The van der Waals surface area contributed by atoms with Crippen molar-refractivity contribution in [3.8, 4) is 17.9 Å². The number of aromatic nitrogens is 3. The average Bonchev–Trinajstić information content (AvgIpc) is 1.62. The zero-order valence-electron chi connectivity index (χ0n) is 79.7. The number of aryl methyl sites for hydroxylation is 2. The van der Waals surface area contributed by atoms with Gasteiger partial charge in [-0.25, -0.2) is 0 Å². The van der Waals surface area contributed by atoms with E-state index in [9.17, 15) is 67.4 Å². The second-order valence-corrected chi connectivity index (χ2v) is 32.9. The van der Waals surface area contributed by atoms with E-state index in [1.807, 2.05) is 74.6 Å². The van der Waals surface area contributed by atoms with Crippen molar-refractivity contribution in [2.45, 2.75) is 123 Å². The fourth-order valence-corrected chi connectivity index (χ4v) is 14.6. The number of nitriles is 1. The number of thiol groups is 2. The van der Waals surface area contributed by atoms with Crippen molar-refractivity contribution in [1.82, 2.24) is 39.8 Å². The number of rotatable bonds is 49. The van der Waals surface area contributed by atoms with E-state index in [0.717, 1.165) is 102 Å². The SMILES string of the molecule is C=C(C[S-])[N-]CC(=O)[N-]CC(=O)[N-]CC(=O)N(OCCCNCCCOS)C(=O)C1CCn2c(C(=O)c3ccccc3)ccc21.C=C(C[S-])[N-]CC(=O)[N-]CC(=O)[N-]CC(=O)N(OCCCNCCCOS)C(=O)[C@@H](C)c1ccc2cc(C)ccc2c1.CC#N.CCCCNC(=O)Cc1cn(C(=O)c2ccc(Cl)cc2)c2ccc(C)cc12.[99Tc].[C-]#COc1ccc(C(=O)c2ccc3n2CCC3C(=O)O)cc1.[O]=[99Tc+4].[O]=[99Tc+4]. The molecule has 0 saturated carbocycles. The van der Waals surface area contributed by atoms with Gasteiger partial charge in [0, 0.05) is 115 Å². The Morgan fingerprint density at radius 1 is 0.576 bits per heavy atom. The second-order valence-electron chi connectivity index (χ2n) is 31.3. The van der Waals surface area contributed by atoms with Gasteiger partial charge < -0.3 is 126 Å². The van der Waals surface area contributed by atoms with Gasteiger partial charge in [-0.3, -0.25) is 57.4 Å². The Hall–Kier alpha value is -11.3. The molecule has 11 rings (SSSR count). The summed E-state index contributed by atoms with van der Waals surface area (Å²) in [4.78, 5) is 175. The monoisotopic (exact) mass is 2320 g/mol. The van der Waals surface area contributed by atoms with Gasteiger partial charge in [-0.15, -0.1) is 19.3 Å². The van der Waals surface area contributed by atoms with Gasteiger partial charge in [0.05, 0.1) is 73.6 Å². The first-order valence-electron chi connectivity index (χ1n) is 44.8. The molecule has 5 heterocycles. The van der Waals surface area contributed by atoms with Crippen molar-refractivity contribution >= 4 is 161 Å². The number of unbranched alkanes of at least 4 members (excludes halogenated alkanes) is 1. The molecule has 3 atom stereocenters. The standard InChI is InChI=1S/C30H39N6O7S2.C29H40N5O6S2.C22H23ClN2O2.C17H12NO4.C2H3N.2O.3Tc/c1-21(20-44)32-17-26(37)33-18-27(38)34-19-28(39)36(42-15-5-12-31-13-6-16-43-45)30(41)23-11-14-35-24(23)9-10-25(35)29(40)22-7-3-2-4-8-22;1-20-6-7-25-15-23(8-9-24(25)14-20)22(3)29(38)34(39-12-4-10-30-11-5-13-40-42)28(37)18-33-27(36)17-32-26(35)16-31-21(2)19-41;1-3-4-11-24-21(26)13-17-14-25(20-10-5-15(2)12-19(17)20)22(27)16-6-8-18(23)9-7-16;1-2-22-12-5-3-11(4-6-12)16(19)15-8-7-14-13(17(20)21)9-10-18(14)15;1-2-3;;;;;/h2-4,7-10,23,31H,1,5-6,11-20H2,(H4,33,34,37,38,44,45);6-9,14-15,22,30H,2,4-5,10-13,16-19H2,1,3H3,(H4,32,33,35,36,41,42);5-10,12,14H,3-4,11,13H2,1-2H3,(H,24,26);3-8,13H,9-10H2,(H,20,21);1H3;;;;;/q2*-1;;-1;;;;;2*+4/p-6/t;22-;;;;;;;;/m.0......../s1/i;;;;;;;3*1+1. The Kier molecular flexibility index (Phi) is 60.5. The van der Waals surface area contributed by atoms with Crippen LogP contribution in [0.1, 0.15) is 166 Å². The summed E-state index contributed by atoms with van der Waals surface area (Å²) in [6.45, 7) is 18.6. The molecule has 2 aliphatic heterocycles. The van der Waals surface area contributed by atoms with Gasteiger partial charge in [0.15, 0.2) is 0 Å². The Labute approximate surface area is 898 Å². The van der Waals surface area contributed by atoms with E-state index in [-0.39, 0.29) is 87.7 Å². The maximum atomic E-state index is 13.7. The molecule has 9 aromatic rings. The number of nitrogens with one attached hydrogen (secondary N) is 3. The molecule has 6 aromatic carbocycles. The van der Waals surface area contributed by atoms with Crippen LogP contribution in [0, 0.1) is 37.7 Å². The van der Waals surface area contributed by atoms with E-state index in [4.69, 9.17) is 78.3 Å². The first-order chi connectivity index (χ1) is 68.9. The van der Waals surface area contributed by atoms with Gasteiger partial charge in [-0.05, 0) is 238 Å². The number of hydrogen-bond acceptors (Lipinski definition) is 27. The molecule has 9 amide bonds. The van der Waals surface area contributed by atoms with Gasteiger partial charge in [-0.2, -0.15) is 38.3 Å². The first-order valence-corrected chi connectivity index (χ1v) is 48.6. The van der Waals surface area contributed by atoms with Crippen LogP contribution in [0.5, 0.6) is 5.75 Å². The van der Waals surface area contributed by atoms with Crippen LogP contribution in [0.25, 0.3) is 53.6 Å². The van der Waals surface area contributed by atoms with E-state index in [0.29, 0.717) is 162 Å². The van der Waals surface area contributed by atoms with Crippen molar-refractivity contribution in [2.24, 2.45) is 0 Å². The minimum atomic E-state index is -0.861. The van der Waals surface area contributed by atoms with Gasteiger partial charge in [0.25, 0.3) is 17.7 Å². The number of hydroxylamine groups is 4. The Balaban J connectivity index is 0.000000403. The molecule has 44 heteroatoms. The summed E-state index contributed by atoms with van der Waals surface area (Å²) in [5.41, 5.74) is 9.05. The number of nitrogens with zero attached hydrogens (tertiary/aromatic N) is 12. The number of ether oxygens (including phenoxy) is 1. The minimum absolute atomic E-state index is 0. The number of amides is 9.